The quantitative estimate of drug-likeness (QED) is 0.786. The lowest BCUT2D eigenvalue weighted by molar-refractivity contribution is -0.120. The van der Waals surface area contributed by atoms with Crippen LogP contribution in [0, 0.1) is 0 Å². The summed E-state index contributed by atoms with van der Waals surface area (Å²) in [5.74, 6) is 0.0124. The van der Waals surface area contributed by atoms with Gasteiger partial charge in [-0.3, -0.25) is 4.79 Å². The molecule has 0 spiro atoms. The van der Waals surface area contributed by atoms with E-state index in [4.69, 9.17) is 17.3 Å². The van der Waals surface area contributed by atoms with Crippen molar-refractivity contribution in [1.29, 1.82) is 0 Å². The maximum Gasteiger partial charge on any atom is 0.221 e. The topological polar surface area (TPSA) is 58.4 Å². The molecule has 5 heteroatoms. The summed E-state index contributed by atoms with van der Waals surface area (Å²) in [6.07, 6.45) is 0.438. The predicted molar refractivity (Wildman–Crippen MR) is 67.8 cm³/mol. The molecule has 1 amide bonds. The third-order valence-corrected chi connectivity index (χ3v) is 2.64. The zero-order chi connectivity index (χ0) is 12.1. The first kappa shape index (κ1) is 12.6. The van der Waals surface area contributed by atoms with Gasteiger partial charge in [-0.1, -0.05) is 11.6 Å². The van der Waals surface area contributed by atoms with Crippen LogP contribution >= 0.6 is 11.6 Å². The lowest BCUT2D eigenvalue weighted by Gasteiger charge is -2.20. The normalized spacial score (nSPS) is 9.94. The van der Waals surface area contributed by atoms with E-state index in [1.165, 1.54) is 0 Å². The maximum atomic E-state index is 11.1. The van der Waals surface area contributed by atoms with Crippen molar-refractivity contribution in [3.63, 3.8) is 0 Å². The van der Waals surface area contributed by atoms with E-state index >= 15 is 0 Å². The standard InChI is InChI=1S/C11H16ClN3O/c1-14-11(16)5-6-15(2)10-4-3-8(13)7-9(10)12/h3-4,7H,5-6,13H2,1-2H3,(H,14,16). The second kappa shape index (κ2) is 5.61. The number of benzene rings is 1. The number of carbonyl (C=O) groups excluding carboxylic acids is 1. The number of halogens is 1. The van der Waals surface area contributed by atoms with Gasteiger partial charge in [-0.05, 0) is 18.2 Å². The van der Waals surface area contributed by atoms with E-state index in [0.717, 1.165) is 5.69 Å². The number of nitrogens with two attached hydrogens (primary N) is 1. The van der Waals surface area contributed by atoms with E-state index in [2.05, 4.69) is 5.32 Å². The summed E-state index contributed by atoms with van der Waals surface area (Å²) in [7, 11) is 3.51. The van der Waals surface area contributed by atoms with Crippen LogP contribution in [0.1, 0.15) is 6.42 Å². The Kier molecular flexibility index (Phi) is 4.43. The van der Waals surface area contributed by atoms with Crippen molar-refractivity contribution in [3.05, 3.63) is 23.2 Å². The molecule has 0 bridgehead atoms. The van der Waals surface area contributed by atoms with Gasteiger partial charge < -0.3 is 16.0 Å². The molecule has 16 heavy (non-hydrogen) atoms. The molecule has 0 saturated carbocycles. The van der Waals surface area contributed by atoms with Crippen LogP contribution in [0.2, 0.25) is 5.02 Å². The summed E-state index contributed by atoms with van der Waals surface area (Å²) in [6.45, 7) is 0.614. The number of amides is 1. The SMILES string of the molecule is CNC(=O)CCN(C)c1ccc(N)cc1Cl. The Labute approximate surface area is 100 Å². The third kappa shape index (κ3) is 3.31. The number of nitrogens with zero attached hydrogens (tertiary/aromatic N) is 1. The van der Waals surface area contributed by atoms with Crippen molar-refractivity contribution in [2.75, 3.05) is 31.3 Å². The minimum absolute atomic E-state index is 0.0124. The first-order valence-electron chi connectivity index (χ1n) is 5.01. The van der Waals surface area contributed by atoms with E-state index in [-0.39, 0.29) is 5.91 Å². The molecule has 4 nitrogen and oxygen atoms in total. The van der Waals surface area contributed by atoms with E-state index in [0.29, 0.717) is 23.7 Å². The maximum absolute atomic E-state index is 11.1. The highest BCUT2D eigenvalue weighted by molar-refractivity contribution is 6.33. The molecule has 0 aliphatic rings. The van der Waals surface area contributed by atoms with Crippen molar-refractivity contribution in [3.8, 4) is 0 Å². The zero-order valence-electron chi connectivity index (χ0n) is 9.46. The van der Waals surface area contributed by atoms with E-state index in [1.807, 2.05) is 18.0 Å². The first-order valence-corrected chi connectivity index (χ1v) is 5.39. The van der Waals surface area contributed by atoms with Crippen molar-refractivity contribution < 1.29 is 4.79 Å². The van der Waals surface area contributed by atoms with Crippen molar-refractivity contribution >= 4 is 28.9 Å². The molecule has 1 rings (SSSR count). The number of carbonyl (C=O) groups is 1. The smallest absolute Gasteiger partial charge is 0.221 e. The van der Waals surface area contributed by atoms with Crippen LogP contribution < -0.4 is 16.0 Å². The van der Waals surface area contributed by atoms with Crippen molar-refractivity contribution in [1.82, 2.24) is 5.32 Å². The van der Waals surface area contributed by atoms with Crippen LogP contribution in [0.25, 0.3) is 0 Å². The van der Waals surface area contributed by atoms with E-state index in [1.54, 1.807) is 19.2 Å². The van der Waals surface area contributed by atoms with Gasteiger partial charge in [-0.15, -0.1) is 0 Å². The Hall–Kier alpha value is -1.42. The summed E-state index contributed by atoms with van der Waals surface area (Å²) in [5.41, 5.74) is 7.11. The summed E-state index contributed by atoms with van der Waals surface area (Å²) < 4.78 is 0. The van der Waals surface area contributed by atoms with Crippen LogP contribution in [0.5, 0.6) is 0 Å². The molecule has 0 aliphatic heterocycles. The Morgan fingerprint density at radius 2 is 2.25 bits per heavy atom. The van der Waals surface area contributed by atoms with Crippen LogP contribution in [0.4, 0.5) is 11.4 Å². The number of nitrogens with one attached hydrogen (secondary N) is 1. The minimum atomic E-state index is 0.0124. The van der Waals surface area contributed by atoms with Gasteiger partial charge in [0.2, 0.25) is 5.91 Å². The zero-order valence-corrected chi connectivity index (χ0v) is 10.2. The molecule has 88 valence electrons. The van der Waals surface area contributed by atoms with Crippen LogP contribution in [-0.4, -0.2) is 26.5 Å². The largest absolute Gasteiger partial charge is 0.399 e. The molecule has 0 fully saturated rings. The fraction of sp³-hybridized carbons (Fsp3) is 0.364. The number of nitrogen functional groups attached to an aromatic ring is 1. The van der Waals surface area contributed by atoms with Crippen molar-refractivity contribution in [2.45, 2.75) is 6.42 Å². The summed E-state index contributed by atoms with van der Waals surface area (Å²) in [4.78, 5) is 13.0. The molecular formula is C11H16ClN3O. The predicted octanol–water partition coefficient (Wildman–Crippen LogP) is 1.49. The van der Waals surface area contributed by atoms with E-state index in [9.17, 15) is 4.79 Å². The fourth-order valence-electron chi connectivity index (χ4n) is 1.35. The Morgan fingerprint density at radius 3 is 2.81 bits per heavy atom. The average Bonchev–Trinajstić information content (AvgIpc) is 2.25. The number of hydrogen-bond donors (Lipinski definition) is 2. The van der Waals surface area contributed by atoms with Gasteiger partial charge in [0, 0.05) is 32.7 Å². The highest BCUT2D eigenvalue weighted by Gasteiger charge is 2.07. The molecule has 1 aromatic rings. The number of anilines is 2. The molecule has 0 aliphatic carbocycles. The Bertz CT molecular complexity index is 381. The van der Waals surface area contributed by atoms with Gasteiger partial charge in [-0.25, -0.2) is 0 Å². The van der Waals surface area contributed by atoms with Gasteiger partial charge >= 0.3 is 0 Å². The molecule has 0 atom stereocenters. The summed E-state index contributed by atoms with van der Waals surface area (Å²) in [5, 5.41) is 3.17. The molecule has 0 aromatic heterocycles. The molecule has 0 radical (unpaired) electrons. The van der Waals surface area contributed by atoms with Gasteiger partial charge in [-0.2, -0.15) is 0 Å². The molecule has 0 saturated heterocycles. The molecular weight excluding hydrogens is 226 g/mol. The molecule has 3 N–H and O–H groups in total. The van der Waals surface area contributed by atoms with Gasteiger partial charge in [0.1, 0.15) is 0 Å². The number of hydrogen-bond acceptors (Lipinski definition) is 3. The third-order valence-electron chi connectivity index (χ3n) is 2.34. The first-order chi connectivity index (χ1) is 7.54. The minimum Gasteiger partial charge on any atom is -0.399 e. The van der Waals surface area contributed by atoms with Gasteiger partial charge in [0.05, 0.1) is 10.7 Å². The lowest BCUT2D eigenvalue weighted by atomic mass is 10.2. The second-order valence-corrected chi connectivity index (χ2v) is 3.96. The van der Waals surface area contributed by atoms with Crippen LogP contribution in [0.3, 0.4) is 0 Å². The highest BCUT2D eigenvalue weighted by Crippen LogP contribution is 2.26. The van der Waals surface area contributed by atoms with Crippen molar-refractivity contribution in [2.24, 2.45) is 0 Å². The highest BCUT2D eigenvalue weighted by atomic mass is 35.5. The van der Waals surface area contributed by atoms with Gasteiger partial charge in [0.25, 0.3) is 0 Å². The molecule has 1 aromatic carbocycles. The Morgan fingerprint density at radius 1 is 1.56 bits per heavy atom. The summed E-state index contributed by atoms with van der Waals surface area (Å²) in [6, 6.07) is 5.34. The Balaban J connectivity index is 2.65. The second-order valence-electron chi connectivity index (χ2n) is 3.56. The average molecular weight is 242 g/mol. The molecule has 0 heterocycles. The fourth-order valence-corrected chi connectivity index (χ4v) is 1.68. The number of rotatable bonds is 4. The summed E-state index contributed by atoms with van der Waals surface area (Å²) >= 11 is 6.05. The van der Waals surface area contributed by atoms with Crippen LogP contribution in [0.15, 0.2) is 18.2 Å². The van der Waals surface area contributed by atoms with E-state index < -0.39 is 0 Å². The van der Waals surface area contributed by atoms with Crippen LogP contribution in [-0.2, 0) is 4.79 Å². The molecule has 0 unspecified atom stereocenters. The monoisotopic (exact) mass is 241 g/mol. The van der Waals surface area contributed by atoms with Gasteiger partial charge in [0.15, 0.2) is 0 Å². The lowest BCUT2D eigenvalue weighted by Crippen LogP contribution is -2.26.